The fraction of sp³-hybridized carbons (Fsp3) is 0.176. The third kappa shape index (κ3) is 4.66. The van der Waals surface area contributed by atoms with Crippen LogP contribution in [0.15, 0.2) is 36.4 Å². The molecule has 132 valence electrons. The number of amides is 1. The summed E-state index contributed by atoms with van der Waals surface area (Å²) in [6.07, 6.45) is 0. The van der Waals surface area contributed by atoms with E-state index in [-0.39, 0.29) is 0 Å². The van der Waals surface area contributed by atoms with E-state index in [1.54, 1.807) is 18.2 Å². The highest BCUT2D eigenvalue weighted by molar-refractivity contribution is 5.96. The molecule has 0 saturated heterocycles. The Bertz CT molecular complexity index is 795. The van der Waals surface area contributed by atoms with Crippen LogP contribution in [0.1, 0.15) is 10.4 Å². The van der Waals surface area contributed by atoms with Crippen molar-refractivity contribution in [3.05, 3.63) is 53.6 Å². The molecule has 2 aromatic carbocycles. The Morgan fingerprint density at radius 1 is 1.04 bits per heavy atom. The molecule has 0 spiro atoms. The van der Waals surface area contributed by atoms with Crippen molar-refractivity contribution in [1.29, 1.82) is 0 Å². The number of nitrogens with one attached hydrogen (secondary N) is 1. The molecule has 0 saturated carbocycles. The van der Waals surface area contributed by atoms with E-state index in [0.717, 1.165) is 12.1 Å². The second kappa shape index (κ2) is 8.09. The normalized spacial score (nSPS) is 10.1. The van der Waals surface area contributed by atoms with Gasteiger partial charge in [-0.15, -0.1) is 0 Å². The third-order valence-corrected chi connectivity index (χ3v) is 3.17. The summed E-state index contributed by atoms with van der Waals surface area (Å²) in [4.78, 5) is 23.6. The number of methoxy groups -OCH3 is 2. The molecule has 0 radical (unpaired) electrons. The Hall–Kier alpha value is -3.16. The Morgan fingerprint density at radius 2 is 1.80 bits per heavy atom. The lowest BCUT2D eigenvalue weighted by Crippen LogP contribution is -2.21. The first kappa shape index (κ1) is 18.2. The average Bonchev–Trinajstić information content (AvgIpc) is 2.62. The lowest BCUT2D eigenvalue weighted by atomic mass is 10.2. The molecule has 6 nitrogen and oxygen atoms in total. The highest BCUT2D eigenvalue weighted by atomic mass is 19.1. The van der Waals surface area contributed by atoms with Gasteiger partial charge in [0.2, 0.25) is 0 Å². The maximum absolute atomic E-state index is 13.5. The smallest absolute Gasteiger partial charge is 0.341 e. The summed E-state index contributed by atoms with van der Waals surface area (Å²) < 4.78 is 41.4. The molecule has 25 heavy (non-hydrogen) atoms. The fourth-order valence-electron chi connectivity index (χ4n) is 1.95. The molecular weight excluding hydrogens is 336 g/mol. The molecule has 0 aliphatic heterocycles. The summed E-state index contributed by atoms with van der Waals surface area (Å²) in [5, 5.41) is 2.48. The van der Waals surface area contributed by atoms with Crippen LogP contribution < -0.4 is 14.8 Å². The van der Waals surface area contributed by atoms with Gasteiger partial charge in [-0.2, -0.15) is 0 Å². The van der Waals surface area contributed by atoms with Gasteiger partial charge in [-0.25, -0.2) is 13.6 Å². The number of carbonyl (C=O) groups is 2. The van der Waals surface area contributed by atoms with Crippen molar-refractivity contribution < 1.29 is 32.6 Å². The molecule has 0 unspecified atom stereocenters. The van der Waals surface area contributed by atoms with Crippen molar-refractivity contribution >= 4 is 17.6 Å². The molecule has 8 heteroatoms. The molecule has 0 bridgehead atoms. The average molecular weight is 351 g/mol. The van der Waals surface area contributed by atoms with Crippen LogP contribution in [0.3, 0.4) is 0 Å². The van der Waals surface area contributed by atoms with Gasteiger partial charge >= 0.3 is 5.97 Å². The maximum Gasteiger partial charge on any atom is 0.341 e. The lowest BCUT2D eigenvalue weighted by molar-refractivity contribution is -0.119. The molecule has 1 N–H and O–H groups in total. The SMILES string of the molecule is COc1ccc(NC(=O)COC(=O)c2cc(F)ccc2F)c(OC)c1. The Kier molecular flexibility index (Phi) is 5.89. The van der Waals surface area contributed by atoms with Crippen LogP contribution in [-0.2, 0) is 9.53 Å². The van der Waals surface area contributed by atoms with Gasteiger partial charge in [-0.3, -0.25) is 4.79 Å². The second-order valence-corrected chi connectivity index (χ2v) is 4.81. The summed E-state index contributed by atoms with van der Waals surface area (Å²) in [5.41, 5.74) is -0.254. The summed E-state index contributed by atoms with van der Waals surface area (Å²) in [7, 11) is 2.90. The standard InChI is InChI=1S/C17H15F2NO5/c1-23-11-4-6-14(15(8-11)24-2)20-16(21)9-25-17(22)12-7-10(18)3-5-13(12)19/h3-8H,9H2,1-2H3,(H,20,21). The van der Waals surface area contributed by atoms with E-state index in [2.05, 4.69) is 5.32 Å². The van der Waals surface area contributed by atoms with Crippen molar-refractivity contribution in [3.8, 4) is 11.5 Å². The van der Waals surface area contributed by atoms with Crippen LogP contribution in [0.4, 0.5) is 14.5 Å². The number of hydrogen-bond donors (Lipinski definition) is 1. The van der Waals surface area contributed by atoms with E-state index >= 15 is 0 Å². The van der Waals surface area contributed by atoms with Gasteiger partial charge in [0.05, 0.1) is 25.5 Å². The minimum absolute atomic E-state index is 0.335. The second-order valence-electron chi connectivity index (χ2n) is 4.81. The zero-order valence-corrected chi connectivity index (χ0v) is 13.5. The first-order valence-electron chi connectivity index (χ1n) is 7.08. The van der Waals surface area contributed by atoms with E-state index in [4.69, 9.17) is 14.2 Å². The van der Waals surface area contributed by atoms with Gasteiger partial charge in [0.15, 0.2) is 6.61 Å². The first-order valence-corrected chi connectivity index (χ1v) is 7.08. The van der Waals surface area contributed by atoms with Crippen molar-refractivity contribution in [3.63, 3.8) is 0 Å². The largest absolute Gasteiger partial charge is 0.497 e. The molecule has 0 aliphatic carbocycles. The monoisotopic (exact) mass is 351 g/mol. The minimum atomic E-state index is -1.14. The molecule has 1 amide bonds. The molecule has 0 fully saturated rings. The number of anilines is 1. The molecule has 2 aromatic rings. The molecule has 0 heterocycles. The topological polar surface area (TPSA) is 73.9 Å². The van der Waals surface area contributed by atoms with Gasteiger partial charge in [0.1, 0.15) is 23.1 Å². The molecule has 0 aromatic heterocycles. The quantitative estimate of drug-likeness (QED) is 0.810. The Morgan fingerprint density at radius 3 is 2.48 bits per heavy atom. The van der Waals surface area contributed by atoms with Gasteiger partial charge in [-0.05, 0) is 30.3 Å². The maximum atomic E-state index is 13.5. The van der Waals surface area contributed by atoms with Crippen LogP contribution in [0.5, 0.6) is 11.5 Å². The Balaban J connectivity index is 1.99. The van der Waals surface area contributed by atoms with E-state index in [1.165, 1.54) is 14.2 Å². The highest BCUT2D eigenvalue weighted by Crippen LogP contribution is 2.28. The van der Waals surface area contributed by atoms with Crippen molar-refractivity contribution in [2.24, 2.45) is 0 Å². The van der Waals surface area contributed by atoms with Crippen LogP contribution >= 0.6 is 0 Å². The van der Waals surface area contributed by atoms with E-state index in [0.29, 0.717) is 23.3 Å². The van der Waals surface area contributed by atoms with Crippen LogP contribution in [-0.4, -0.2) is 32.7 Å². The van der Waals surface area contributed by atoms with Gasteiger partial charge in [0.25, 0.3) is 5.91 Å². The molecule has 0 aliphatic rings. The number of carbonyl (C=O) groups excluding carboxylic acids is 2. The molecule has 0 atom stereocenters. The van der Waals surface area contributed by atoms with Crippen LogP contribution in [0.25, 0.3) is 0 Å². The van der Waals surface area contributed by atoms with Gasteiger partial charge in [-0.1, -0.05) is 0 Å². The first-order chi connectivity index (χ1) is 11.9. The highest BCUT2D eigenvalue weighted by Gasteiger charge is 2.16. The van der Waals surface area contributed by atoms with Crippen molar-refractivity contribution in [1.82, 2.24) is 0 Å². The van der Waals surface area contributed by atoms with Crippen molar-refractivity contribution in [2.45, 2.75) is 0 Å². The van der Waals surface area contributed by atoms with E-state index in [1.807, 2.05) is 0 Å². The zero-order chi connectivity index (χ0) is 18.4. The summed E-state index contributed by atoms with van der Waals surface area (Å²) in [6, 6.07) is 7.07. The zero-order valence-electron chi connectivity index (χ0n) is 13.5. The minimum Gasteiger partial charge on any atom is -0.497 e. The lowest BCUT2D eigenvalue weighted by Gasteiger charge is -2.12. The van der Waals surface area contributed by atoms with E-state index in [9.17, 15) is 18.4 Å². The number of benzene rings is 2. The predicted molar refractivity (Wildman–Crippen MR) is 84.8 cm³/mol. The van der Waals surface area contributed by atoms with Crippen molar-refractivity contribution in [2.75, 3.05) is 26.1 Å². The molecular formula is C17H15F2NO5. The number of rotatable bonds is 6. The van der Waals surface area contributed by atoms with Crippen LogP contribution in [0.2, 0.25) is 0 Å². The van der Waals surface area contributed by atoms with Crippen LogP contribution in [0, 0.1) is 11.6 Å². The summed E-state index contributed by atoms with van der Waals surface area (Å²) >= 11 is 0. The summed E-state index contributed by atoms with van der Waals surface area (Å²) in [6.45, 7) is -0.677. The number of hydrogen-bond acceptors (Lipinski definition) is 5. The van der Waals surface area contributed by atoms with Gasteiger partial charge in [0, 0.05) is 6.07 Å². The summed E-state index contributed by atoms with van der Waals surface area (Å²) in [5.74, 6) is -2.68. The Labute approximate surface area is 142 Å². The number of ether oxygens (including phenoxy) is 3. The predicted octanol–water partition coefficient (Wildman–Crippen LogP) is 2.78. The third-order valence-electron chi connectivity index (χ3n) is 3.17. The van der Waals surface area contributed by atoms with Gasteiger partial charge < -0.3 is 19.5 Å². The molecule has 2 rings (SSSR count). The number of halogens is 2. The fourth-order valence-corrected chi connectivity index (χ4v) is 1.95. The number of esters is 1. The van der Waals surface area contributed by atoms with E-state index < -0.39 is 35.7 Å².